The maximum atomic E-state index is 9.39. The van der Waals surface area contributed by atoms with Gasteiger partial charge in [0.2, 0.25) is 0 Å². The highest BCUT2D eigenvalue weighted by molar-refractivity contribution is 7.09. The van der Waals surface area contributed by atoms with Crippen LogP contribution in [0.15, 0.2) is 17.5 Å². The summed E-state index contributed by atoms with van der Waals surface area (Å²) in [5, 5.41) is 11.5. The molecule has 2 rings (SSSR count). The van der Waals surface area contributed by atoms with Crippen LogP contribution in [0.4, 0.5) is 0 Å². The number of hydrogen-bond donors (Lipinski definition) is 1. The smallest absolute Gasteiger partial charge is 0.0639 e. The van der Waals surface area contributed by atoms with Crippen LogP contribution in [0.25, 0.3) is 0 Å². The summed E-state index contributed by atoms with van der Waals surface area (Å²) in [6.45, 7) is 3.68. The van der Waals surface area contributed by atoms with E-state index in [1.807, 2.05) is 6.92 Å². The largest absolute Gasteiger partial charge is 0.392 e. The standard InChI is InChI=1S/C11H17NOS/c1-9(13)7-12(10-4-5-10)8-11-3-2-6-14-11/h2-3,6,9-10,13H,4-5,7-8H2,1H3/t9-/m0/s1. The van der Waals surface area contributed by atoms with Crippen molar-refractivity contribution in [3.8, 4) is 0 Å². The van der Waals surface area contributed by atoms with E-state index in [0.717, 1.165) is 19.1 Å². The Morgan fingerprint density at radius 2 is 2.43 bits per heavy atom. The normalized spacial score (nSPS) is 18.8. The summed E-state index contributed by atoms with van der Waals surface area (Å²) in [6.07, 6.45) is 2.39. The summed E-state index contributed by atoms with van der Waals surface area (Å²) in [5.74, 6) is 0. The Kier molecular flexibility index (Phi) is 3.21. The molecular weight excluding hydrogens is 194 g/mol. The first kappa shape index (κ1) is 10.1. The van der Waals surface area contributed by atoms with Crippen molar-refractivity contribution >= 4 is 11.3 Å². The number of nitrogens with zero attached hydrogens (tertiary/aromatic N) is 1. The van der Waals surface area contributed by atoms with E-state index >= 15 is 0 Å². The molecule has 1 fully saturated rings. The molecule has 2 nitrogen and oxygen atoms in total. The third-order valence-electron chi connectivity index (χ3n) is 2.50. The molecule has 1 atom stereocenters. The minimum absolute atomic E-state index is 0.212. The molecule has 1 aliphatic carbocycles. The maximum absolute atomic E-state index is 9.39. The topological polar surface area (TPSA) is 23.5 Å². The average Bonchev–Trinajstić information content (AvgIpc) is 2.85. The lowest BCUT2D eigenvalue weighted by atomic mass is 10.3. The molecule has 1 aliphatic rings. The lowest BCUT2D eigenvalue weighted by molar-refractivity contribution is 0.118. The fourth-order valence-corrected chi connectivity index (χ4v) is 2.45. The predicted octanol–water partition coefficient (Wildman–Crippen LogP) is 2.09. The number of hydrogen-bond acceptors (Lipinski definition) is 3. The molecule has 1 aromatic heterocycles. The fraction of sp³-hybridized carbons (Fsp3) is 0.636. The molecule has 0 amide bonds. The Bertz CT molecular complexity index is 267. The van der Waals surface area contributed by atoms with Crippen LogP contribution in [0.5, 0.6) is 0 Å². The van der Waals surface area contributed by atoms with Gasteiger partial charge in [-0.3, -0.25) is 4.90 Å². The summed E-state index contributed by atoms with van der Waals surface area (Å²) in [4.78, 5) is 3.80. The molecule has 0 radical (unpaired) electrons. The van der Waals surface area contributed by atoms with Gasteiger partial charge in [0.05, 0.1) is 6.10 Å². The highest BCUT2D eigenvalue weighted by atomic mass is 32.1. The molecule has 78 valence electrons. The van der Waals surface area contributed by atoms with Crippen molar-refractivity contribution in [2.75, 3.05) is 6.54 Å². The van der Waals surface area contributed by atoms with Crippen molar-refractivity contribution in [2.24, 2.45) is 0 Å². The van der Waals surface area contributed by atoms with E-state index in [9.17, 15) is 5.11 Å². The van der Waals surface area contributed by atoms with Gasteiger partial charge in [-0.05, 0) is 31.2 Å². The zero-order valence-electron chi connectivity index (χ0n) is 8.52. The molecule has 1 heterocycles. The molecule has 1 saturated carbocycles. The van der Waals surface area contributed by atoms with Gasteiger partial charge in [0.15, 0.2) is 0 Å². The van der Waals surface area contributed by atoms with Gasteiger partial charge >= 0.3 is 0 Å². The van der Waals surface area contributed by atoms with Gasteiger partial charge < -0.3 is 5.11 Å². The summed E-state index contributed by atoms with van der Waals surface area (Å²) < 4.78 is 0. The Morgan fingerprint density at radius 3 is 2.93 bits per heavy atom. The van der Waals surface area contributed by atoms with Crippen LogP contribution >= 0.6 is 11.3 Å². The summed E-state index contributed by atoms with van der Waals surface area (Å²) >= 11 is 1.80. The first-order chi connectivity index (χ1) is 6.75. The van der Waals surface area contributed by atoms with E-state index in [1.165, 1.54) is 17.7 Å². The first-order valence-electron chi connectivity index (χ1n) is 5.20. The van der Waals surface area contributed by atoms with E-state index in [1.54, 1.807) is 11.3 Å². The second kappa shape index (κ2) is 4.43. The van der Waals surface area contributed by atoms with Crippen molar-refractivity contribution in [3.63, 3.8) is 0 Å². The number of thiophene rings is 1. The van der Waals surface area contributed by atoms with Crippen molar-refractivity contribution in [3.05, 3.63) is 22.4 Å². The number of rotatable bonds is 5. The van der Waals surface area contributed by atoms with Crippen LogP contribution in [-0.4, -0.2) is 28.7 Å². The van der Waals surface area contributed by atoms with Gasteiger partial charge in [-0.15, -0.1) is 11.3 Å². The molecule has 0 aliphatic heterocycles. The minimum atomic E-state index is -0.212. The third-order valence-corrected chi connectivity index (χ3v) is 3.36. The predicted molar refractivity (Wildman–Crippen MR) is 59.4 cm³/mol. The van der Waals surface area contributed by atoms with Crippen molar-refractivity contribution < 1.29 is 5.11 Å². The Labute approximate surface area is 89.2 Å². The second-order valence-electron chi connectivity index (χ2n) is 4.09. The zero-order chi connectivity index (χ0) is 9.97. The first-order valence-corrected chi connectivity index (χ1v) is 6.08. The van der Waals surface area contributed by atoms with Gasteiger partial charge in [0.25, 0.3) is 0 Å². The highest BCUT2D eigenvalue weighted by Gasteiger charge is 2.29. The van der Waals surface area contributed by atoms with Crippen LogP contribution in [0.1, 0.15) is 24.6 Å². The monoisotopic (exact) mass is 211 g/mol. The van der Waals surface area contributed by atoms with Crippen LogP contribution in [0.2, 0.25) is 0 Å². The molecule has 0 spiro atoms. The number of aliphatic hydroxyl groups excluding tert-OH is 1. The molecule has 1 N–H and O–H groups in total. The lowest BCUT2D eigenvalue weighted by Gasteiger charge is -2.22. The van der Waals surface area contributed by atoms with Crippen LogP contribution in [0, 0.1) is 0 Å². The Balaban J connectivity index is 1.90. The van der Waals surface area contributed by atoms with Crippen LogP contribution in [-0.2, 0) is 6.54 Å². The summed E-state index contributed by atoms with van der Waals surface area (Å²) in [5.41, 5.74) is 0. The SMILES string of the molecule is C[C@H](O)CN(Cc1cccs1)C1CC1. The molecule has 3 heteroatoms. The molecule has 14 heavy (non-hydrogen) atoms. The molecule has 1 aromatic rings. The van der Waals surface area contributed by atoms with Crippen molar-refractivity contribution in [2.45, 2.75) is 38.5 Å². The zero-order valence-corrected chi connectivity index (χ0v) is 9.33. The van der Waals surface area contributed by atoms with E-state index in [0.29, 0.717) is 0 Å². The average molecular weight is 211 g/mol. The van der Waals surface area contributed by atoms with Gasteiger partial charge in [0, 0.05) is 24.0 Å². The van der Waals surface area contributed by atoms with Gasteiger partial charge in [-0.1, -0.05) is 6.07 Å². The Morgan fingerprint density at radius 1 is 1.64 bits per heavy atom. The molecule has 0 unspecified atom stereocenters. The number of aliphatic hydroxyl groups is 1. The summed E-state index contributed by atoms with van der Waals surface area (Å²) in [7, 11) is 0. The van der Waals surface area contributed by atoms with Gasteiger partial charge in [-0.25, -0.2) is 0 Å². The van der Waals surface area contributed by atoms with Crippen molar-refractivity contribution in [1.82, 2.24) is 4.90 Å². The molecular formula is C11H17NOS. The van der Waals surface area contributed by atoms with Crippen LogP contribution < -0.4 is 0 Å². The van der Waals surface area contributed by atoms with E-state index in [-0.39, 0.29) is 6.10 Å². The Hall–Kier alpha value is -0.380. The van der Waals surface area contributed by atoms with E-state index < -0.39 is 0 Å². The van der Waals surface area contributed by atoms with E-state index in [4.69, 9.17) is 0 Å². The third kappa shape index (κ3) is 2.80. The van der Waals surface area contributed by atoms with Crippen LogP contribution in [0.3, 0.4) is 0 Å². The van der Waals surface area contributed by atoms with Gasteiger partial charge in [-0.2, -0.15) is 0 Å². The summed E-state index contributed by atoms with van der Waals surface area (Å²) in [6, 6.07) is 4.99. The lowest BCUT2D eigenvalue weighted by Crippen LogP contribution is -2.32. The van der Waals surface area contributed by atoms with Crippen molar-refractivity contribution in [1.29, 1.82) is 0 Å². The van der Waals surface area contributed by atoms with Gasteiger partial charge in [0.1, 0.15) is 0 Å². The molecule has 0 aromatic carbocycles. The fourth-order valence-electron chi connectivity index (χ4n) is 1.72. The maximum Gasteiger partial charge on any atom is 0.0639 e. The highest BCUT2D eigenvalue weighted by Crippen LogP contribution is 2.29. The van der Waals surface area contributed by atoms with E-state index in [2.05, 4.69) is 22.4 Å². The molecule has 0 saturated heterocycles. The second-order valence-corrected chi connectivity index (χ2v) is 5.12. The minimum Gasteiger partial charge on any atom is -0.392 e. The quantitative estimate of drug-likeness (QED) is 0.806. The molecule has 0 bridgehead atoms.